The molecule has 1 aliphatic heterocycles. The lowest BCUT2D eigenvalue weighted by Gasteiger charge is -2.20. The van der Waals surface area contributed by atoms with E-state index in [2.05, 4.69) is 5.32 Å². The molecular formula is C22H19ClN2O4S. The number of amides is 2. The van der Waals surface area contributed by atoms with Crippen LogP contribution in [0.3, 0.4) is 0 Å². The Bertz CT molecular complexity index is 1080. The molecule has 0 saturated heterocycles. The number of hydrogen-bond acceptors (Lipinski definition) is 5. The zero-order chi connectivity index (χ0) is 21.1. The molecule has 8 heteroatoms. The highest BCUT2D eigenvalue weighted by Gasteiger charge is 2.22. The minimum atomic E-state index is -0.382. The fourth-order valence-electron chi connectivity index (χ4n) is 3.10. The SMILES string of the molecule is CN(C(=O)c1cccs1)c1ccccc1C(=O)Nc1cc2c(cc1Cl)OCCCO2. The Labute approximate surface area is 183 Å². The number of fused-ring (bicyclic) bond motifs is 1. The van der Waals surface area contributed by atoms with Crippen LogP contribution in [0.25, 0.3) is 0 Å². The predicted octanol–water partition coefficient (Wildman–Crippen LogP) is 5.09. The van der Waals surface area contributed by atoms with E-state index in [9.17, 15) is 9.59 Å². The normalized spacial score (nSPS) is 12.7. The van der Waals surface area contributed by atoms with E-state index >= 15 is 0 Å². The summed E-state index contributed by atoms with van der Waals surface area (Å²) in [6, 6.07) is 13.8. The number of carbonyl (C=O) groups excluding carboxylic acids is 2. The first kappa shape index (κ1) is 20.3. The molecule has 6 nitrogen and oxygen atoms in total. The number of nitrogens with zero attached hydrogens (tertiary/aromatic N) is 1. The molecule has 154 valence electrons. The fraction of sp³-hybridized carbons (Fsp3) is 0.182. The lowest BCUT2D eigenvalue weighted by atomic mass is 10.1. The van der Waals surface area contributed by atoms with Crippen molar-refractivity contribution in [2.45, 2.75) is 6.42 Å². The van der Waals surface area contributed by atoms with Gasteiger partial charge in [0.2, 0.25) is 0 Å². The molecule has 0 atom stereocenters. The van der Waals surface area contributed by atoms with Crippen molar-refractivity contribution in [2.24, 2.45) is 0 Å². The highest BCUT2D eigenvalue weighted by Crippen LogP contribution is 2.38. The summed E-state index contributed by atoms with van der Waals surface area (Å²) in [5.74, 6) is 0.523. The van der Waals surface area contributed by atoms with Gasteiger partial charge < -0.3 is 19.7 Å². The Balaban J connectivity index is 1.61. The van der Waals surface area contributed by atoms with E-state index in [-0.39, 0.29) is 11.8 Å². The van der Waals surface area contributed by atoms with Crippen LogP contribution in [0.15, 0.2) is 53.9 Å². The number of rotatable bonds is 4. The average molecular weight is 443 g/mol. The van der Waals surface area contributed by atoms with Crippen molar-refractivity contribution in [3.05, 3.63) is 69.4 Å². The van der Waals surface area contributed by atoms with Crippen LogP contribution in [0.2, 0.25) is 5.02 Å². The number of anilines is 2. The van der Waals surface area contributed by atoms with Gasteiger partial charge in [0.25, 0.3) is 11.8 Å². The van der Waals surface area contributed by atoms with Gasteiger partial charge in [-0.05, 0) is 23.6 Å². The number of halogens is 1. The Kier molecular flexibility index (Phi) is 5.92. The standard InChI is InChI=1S/C22H19ClN2O4S/c1-25(22(27)20-8-4-11-30-20)17-7-3-2-6-14(17)21(26)24-16-13-19-18(12-15(16)23)28-9-5-10-29-19/h2-4,6-8,11-13H,5,9-10H2,1H3,(H,24,26). The molecular weight excluding hydrogens is 424 g/mol. The average Bonchev–Trinajstić information content (AvgIpc) is 3.20. The molecule has 1 N–H and O–H groups in total. The van der Waals surface area contributed by atoms with Gasteiger partial charge in [0.1, 0.15) is 0 Å². The van der Waals surface area contributed by atoms with Gasteiger partial charge >= 0.3 is 0 Å². The highest BCUT2D eigenvalue weighted by molar-refractivity contribution is 7.12. The quantitative estimate of drug-likeness (QED) is 0.611. The lowest BCUT2D eigenvalue weighted by Crippen LogP contribution is -2.28. The molecule has 0 unspecified atom stereocenters. The molecule has 1 aromatic heterocycles. The Morgan fingerprint density at radius 1 is 1.07 bits per heavy atom. The van der Waals surface area contributed by atoms with Crippen molar-refractivity contribution in [3.63, 3.8) is 0 Å². The van der Waals surface area contributed by atoms with Gasteiger partial charge in [0.15, 0.2) is 11.5 Å². The summed E-state index contributed by atoms with van der Waals surface area (Å²) in [5.41, 5.74) is 1.26. The first-order valence-electron chi connectivity index (χ1n) is 9.35. The van der Waals surface area contributed by atoms with E-state index in [1.807, 2.05) is 11.4 Å². The van der Waals surface area contributed by atoms with Crippen molar-refractivity contribution >= 4 is 46.1 Å². The fourth-order valence-corrected chi connectivity index (χ4v) is 4.00. The second-order valence-electron chi connectivity index (χ2n) is 6.64. The number of para-hydroxylation sites is 1. The molecule has 0 fully saturated rings. The minimum absolute atomic E-state index is 0.182. The summed E-state index contributed by atoms with van der Waals surface area (Å²) in [7, 11) is 1.65. The molecule has 0 aliphatic carbocycles. The summed E-state index contributed by atoms with van der Waals surface area (Å²) < 4.78 is 11.3. The predicted molar refractivity (Wildman–Crippen MR) is 119 cm³/mol. The van der Waals surface area contributed by atoms with Crippen LogP contribution >= 0.6 is 22.9 Å². The van der Waals surface area contributed by atoms with E-state index in [1.54, 1.807) is 49.5 Å². The zero-order valence-corrected chi connectivity index (χ0v) is 17.8. The molecule has 2 heterocycles. The molecule has 0 spiro atoms. The number of carbonyl (C=O) groups is 2. The summed E-state index contributed by atoms with van der Waals surface area (Å²) in [4.78, 5) is 27.9. The van der Waals surface area contributed by atoms with Crippen molar-refractivity contribution < 1.29 is 19.1 Å². The monoisotopic (exact) mass is 442 g/mol. The number of hydrogen-bond donors (Lipinski definition) is 1. The van der Waals surface area contributed by atoms with Gasteiger partial charge in [0.05, 0.1) is 40.1 Å². The molecule has 2 aromatic carbocycles. The van der Waals surface area contributed by atoms with E-state index in [0.717, 1.165) is 6.42 Å². The van der Waals surface area contributed by atoms with Crippen LogP contribution in [0.5, 0.6) is 11.5 Å². The van der Waals surface area contributed by atoms with Crippen molar-refractivity contribution in [3.8, 4) is 11.5 Å². The summed E-state index contributed by atoms with van der Waals surface area (Å²) in [5, 5.41) is 5.00. The zero-order valence-electron chi connectivity index (χ0n) is 16.2. The van der Waals surface area contributed by atoms with Gasteiger partial charge in [-0.2, -0.15) is 0 Å². The molecule has 0 radical (unpaired) electrons. The molecule has 1 aliphatic rings. The molecule has 3 aromatic rings. The first-order valence-corrected chi connectivity index (χ1v) is 10.6. The number of thiophene rings is 1. The van der Waals surface area contributed by atoms with Crippen LogP contribution < -0.4 is 19.7 Å². The smallest absolute Gasteiger partial charge is 0.268 e. The number of nitrogens with one attached hydrogen (secondary N) is 1. The van der Waals surface area contributed by atoms with E-state index in [4.69, 9.17) is 21.1 Å². The van der Waals surface area contributed by atoms with Crippen LogP contribution in [-0.2, 0) is 0 Å². The maximum absolute atomic E-state index is 13.1. The second-order valence-corrected chi connectivity index (χ2v) is 8.00. The van der Waals surface area contributed by atoms with Crippen LogP contribution in [0.1, 0.15) is 26.5 Å². The second kappa shape index (κ2) is 8.77. The Hall–Kier alpha value is -3.03. The summed E-state index contributed by atoms with van der Waals surface area (Å²) in [6.07, 6.45) is 0.770. The topological polar surface area (TPSA) is 67.9 Å². The minimum Gasteiger partial charge on any atom is -0.490 e. The van der Waals surface area contributed by atoms with Crippen molar-refractivity contribution in [1.29, 1.82) is 0 Å². The molecule has 0 saturated carbocycles. The van der Waals surface area contributed by atoms with E-state index in [1.165, 1.54) is 16.2 Å². The Morgan fingerprint density at radius 3 is 2.53 bits per heavy atom. The number of benzene rings is 2. The summed E-state index contributed by atoms with van der Waals surface area (Å²) in [6.45, 7) is 1.08. The molecule has 2 amide bonds. The largest absolute Gasteiger partial charge is 0.490 e. The third-order valence-electron chi connectivity index (χ3n) is 4.63. The van der Waals surface area contributed by atoms with Crippen LogP contribution in [-0.4, -0.2) is 32.1 Å². The Morgan fingerprint density at radius 2 is 1.80 bits per heavy atom. The van der Waals surface area contributed by atoms with Crippen LogP contribution in [0.4, 0.5) is 11.4 Å². The first-order chi connectivity index (χ1) is 14.5. The van der Waals surface area contributed by atoms with Crippen molar-refractivity contribution in [2.75, 3.05) is 30.5 Å². The molecule has 4 rings (SSSR count). The van der Waals surface area contributed by atoms with Gasteiger partial charge in [0, 0.05) is 25.6 Å². The van der Waals surface area contributed by atoms with Crippen LogP contribution in [0, 0.1) is 0 Å². The van der Waals surface area contributed by atoms with Gasteiger partial charge in [-0.15, -0.1) is 11.3 Å². The maximum Gasteiger partial charge on any atom is 0.268 e. The van der Waals surface area contributed by atoms with E-state index in [0.29, 0.717) is 51.6 Å². The lowest BCUT2D eigenvalue weighted by molar-refractivity contribution is 0.0996. The van der Waals surface area contributed by atoms with Gasteiger partial charge in [-0.3, -0.25) is 9.59 Å². The third-order valence-corrected chi connectivity index (χ3v) is 5.80. The highest BCUT2D eigenvalue weighted by atomic mass is 35.5. The molecule has 0 bridgehead atoms. The third kappa shape index (κ3) is 4.13. The number of ether oxygens (including phenoxy) is 2. The molecule has 30 heavy (non-hydrogen) atoms. The van der Waals surface area contributed by atoms with Gasteiger partial charge in [-0.1, -0.05) is 29.8 Å². The van der Waals surface area contributed by atoms with Crippen molar-refractivity contribution in [1.82, 2.24) is 0 Å². The maximum atomic E-state index is 13.1. The van der Waals surface area contributed by atoms with Gasteiger partial charge in [-0.25, -0.2) is 0 Å². The van der Waals surface area contributed by atoms with E-state index < -0.39 is 0 Å². The summed E-state index contributed by atoms with van der Waals surface area (Å²) >= 11 is 7.71.